The molecule has 0 aliphatic rings. The van der Waals surface area contributed by atoms with Crippen LogP contribution in [0.4, 0.5) is 0 Å². The van der Waals surface area contributed by atoms with E-state index in [-0.39, 0.29) is 0 Å². The Hall–Kier alpha value is -5.59. The van der Waals surface area contributed by atoms with E-state index in [4.69, 9.17) is 0 Å². The topological polar surface area (TPSA) is 33.6 Å². The van der Waals surface area contributed by atoms with Crippen LogP contribution in [0.2, 0.25) is 0 Å². The van der Waals surface area contributed by atoms with Crippen molar-refractivity contribution in [1.82, 2.24) is 9.13 Å². The van der Waals surface area contributed by atoms with Crippen LogP contribution in [0, 0.1) is 11.3 Å². The van der Waals surface area contributed by atoms with Gasteiger partial charge in [-0.05, 0) is 54.1 Å². The molecule has 0 aliphatic heterocycles. The summed E-state index contributed by atoms with van der Waals surface area (Å²) in [5, 5.41) is 14.7. The van der Waals surface area contributed by atoms with Crippen LogP contribution in [0.15, 0.2) is 140 Å². The molecule has 0 amide bonds. The molecular formula is C37H23N3. The monoisotopic (exact) mass is 509 g/mol. The van der Waals surface area contributed by atoms with Gasteiger partial charge in [-0.3, -0.25) is 0 Å². The van der Waals surface area contributed by atoms with Crippen LogP contribution in [0.5, 0.6) is 0 Å². The highest BCUT2D eigenvalue weighted by Crippen LogP contribution is 2.39. The van der Waals surface area contributed by atoms with Gasteiger partial charge in [-0.15, -0.1) is 0 Å². The third-order valence-corrected chi connectivity index (χ3v) is 7.97. The van der Waals surface area contributed by atoms with Crippen molar-refractivity contribution in [3.8, 4) is 28.6 Å². The first-order chi connectivity index (χ1) is 19.8. The van der Waals surface area contributed by atoms with Gasteiger partial charge in [0, 0.05) is 27.1 Å². The Kier molecular flexibility index (Phi) is 4.89. The van der Waals surface area contributed by atoms with E-state index in [0.717, 1.165) is 33.4 Å². The number of para-hydroxylation sites is 5. The maximum Gasteiger partial charge on any atom is 0.101 e. The molecule has 6 aromatic carbocycles. The molecular weight excluding hydrogens is 486 g/mol. The quantitative estimate of drug-likeness (QED) is 0.233. The molecule has 0 fully saturated rings. The van der Waals surface area contributed by atoms with E-state index in [1.807, 2.05) is 24.3 Å². The second kappa shape index (κ2) is 8.73. The number of nitriles is 1. The lowest BCUT2D eigenvalue weighted by atomic mass is 10.0. The van der Waals surface area contributed by atoms with E-state index in [1.54, 1.807) is 0 Å². The van der Waals surface area contributed by atoms with Gasteiger partial charge in [-0.2, -0.15) is 5.26 Å². The molecule has 3 heteroatoms. The average Bonchev–Trinajstić information content (AvgIpc) is 3.53. The fourth-order valence-electron chi connectivity index (χ4n) is 6.26. The fourth-order valence-corrected chi connectivity index (χ4v) is 6.26. The predicted octanol–water partition coefficient (Wildman–Crippen LogP) is 9.42. The number of hydrogen-bond donors (Lipinski definition) is 0. The van der Waals surface area contributed by atoms with Gasteiger partial charge in [0.15, 0.2) is 0 Å². The van der Waals surface area contributed by atoms with Gasteiger partial charge in [0.2, 0.25) is 0 Å². The lowest BCUT2D eigenvalue weighted by molar-refractivity contribution is 1.17. The summed E-state index contributed by atoms with van der Waals surface area (Å²) < 4.78 is 4.60. The second-order valence-corrected chi connectivity index (χ2v) is 10.1. The van der Waals surface area contributed by atoms with Gasteiger partial charge < -0.3 is 9.13 Å². The average molecular weight is 510 g/mol. The summed E-state index contributed by atoms with van der Waals surface area (Å²) in [6, 6.07) is 51.3. The van der Waals surface area contributed by atoms with Crippen LogP contribution < -0.4 is 0 Å². The molecule has 0 aliphatic carbocycles. The molecule has 0 bridgehead atoms. The lowest BCUT2D eigenvalue weighted by Crippen LogP contribution is -1.98. The first-order valence-electron chi connectivity index (χ1n) is 13.4. The smallest absolute Gasteiger partial charge is 0.101 e. The minimum atomic E-state index is 0.658. The summed E-state index contributed by atoms with van der Waals surface area (Å²) in [6.45, 7) is 0. The van der Waals surface area contributed by atoms with Crippen LogP contribution in [-0.4, -0.2) is 9.13 Å². The van der Waals surface area contributed by atoms with E-state index in [2.05, 4.69) is 130 Å². The normalized spacial score (nSPS) is 11.5. The molecule has 40 heavy (non-hydrogen) atoms. The summed E-state index contributed by atoms with van der Waals surface area (Å²) in [4.78, 5) is 0. The molecule has 0 unspecified atom stereocenters. The number of aromatic nitrogens is 2. The maximum atomic E-state index is 9.86. The van der Waals surface area contributed by atoms with Crippen LogP contribution in [0.1, 0.15) is 5.56 Å². The minimum Gasteiger partial charge on any atom is -0.309 e. The summed E-state index contributed by atoms with van der Waals surface area (Å²) >= 11 is 0. The highest BCUT2D eigenvalue weighted by atomic mass is 15.0. The molecule has 2 heterocycles. The Morgan fingerprint density at radius 1 is 0.425 bits per heavy atom. The van der Waals surface area contributed by atoms with E-state index >= 15 is 0 Å². The van der Waals surface area contributed by atoms with Crippen molar-refractivity contribution >= 4 is 43.6 Å². The van der Waals surface area contributed by atoms with Crippen molar-refractivity contribution in [2.45, 2.75) is 0 Å². The number of rotatable bonds is 3. The Morgan fingerprint density at radius 3 is 1.55 bits per heavy atom. The van der Waals surface area contributed by atoms with Crippen LogP contribution >= 0.6 is 0 Å². The van der Waals surface area contributed by atoms with E-state index in [1.165, 1.54) is 32.8 Å². The second-order valence-electron chi connectivity index (χ2n) is 10.1. The van der Waals surface area contributed by atoms with E-state index in [0.29, 0.717) is 5.56 Å². The molecule has 8 aromatic rings. The molecule has 8 rings (SSSR count). The molecule has 186 valence electrons. The van der Waals surface area contributed by atoms with E-state index in [9.17, 15) is 5.26 Å². The van der Waals surface area contributed by atoms with Crippen LogP contribution in [0.3, 0.4) is 0 Å². The SMILES string of the molecule is N#Cc1ccccc1-n1c2ccccc2c2cc(-c3ccccc3-n3c4ccccc4c4ccccc43)ccc21. The third-order valence-electron chi connectivity index (χ3n) is 7.97. The van der Waals surface area contributed by atoms with Crippen LogP contribution in [-0.2, 0) is 0 Å². The minimum absolute atomic E-state index is 0.658. The molecule has 3 nitrogen and oxygen atoms in total. The fraction of sp³-hybridized carbons (Fsp3) is 0. The van der Waals surface area contributed by atoms with Gasteiger partial charge in [-0.1, -0.05) is 91.0 Å². The zero-order chi connectivity index (χ0) is 26.6. The Bertz CT molecular complexity index is 2240. The zero-order valence-electron chi connectivity index (χ0n) is 21.6. The standard InChI is InChI=1S/C37H23N3/c38-24-26-11-1-6-16-32(26)39-36-20-10-5-15-30(36)31-23-25(21-22-37(31)39)27-12-2-7-17-33(27)40-34-18-8-3-13-28(34)29-14-4-9-19-35(29)40/h1-23H. The molecule has 2 aromatic heterocycles. The number of fused-ring (bicyclic) bond motifs is 6. The number of hydrogen-bond acceptors (Lipinski definition) is 1. The molecule has 0 saturated heterocycles. The lowest BCUT2D eigenvalue weighted by Gasteiger charge is -2.14. The van der Waals surface area contributed by atoms with Crippen LogP contribution in [0.25, 0.3) is 66.1 Å². The summed E-state index contributed by atoms with van der Waals surface area (Å²) in [5.74, 6) is 0. The van der Waals surface area contributed by atoms with Crippen molar-refractivity contribution in [3.05, 3.63) is 145 Å². The van der Waals surface area contributed by atoms with Crippen molar-refractivity contribution in [3.63, 3.8) is 0 Å². The predicted molar refractivity (Wildman–Crippen MR) is 165 cm³/mol. The first-order valence-corrected chi connectivity index (χ1v) is 13.4. The highest BCUT2D eigenvalue weighted by molar-refractivity contribution is 6.12. The molecule has 0 radical (unpaired) electrons. The Balaban J connectivity index is 1.41. The Labute approximate surface area is 231 Å². The molecule has 0 N–H and O–H groups in total. The van der Waals surface area contributed by atoms with Gasteiger partial charge in [0.25, 0.3) is 0 Å². The van der Waals surface area contributed by atoms with Gasteiger partial charge in [-0.25, -0.2) is 0 Å². The van der Waals surface area contributed by atoms with Crippen molar-refractivity contribution < 1.29 is 0 Å². The zero-order valence-corrected chi connectivity index (χ0v) is 21.6. The third kappa shape index (κ3) is 3.17. The highest BCUT2D eigenvalue weighted by Gasteiger charge is 2.18. The largest absolute Gasteiger partial charge is 0.309 e. The summed E-state index contributed by atoms with van der Waals surface area (Å²) in [6.07, 6.45) is 0. The van der Waals surface area contributed by atoms with Gasteiger partial charge in [0.05, 0.1) is 39.0 Å². The number of nitrogens with zero attached hydrogens (tertiary/aromatic N) is 3. The summed E-state index contributed by atoms with van der Waals surface area (Å²) in [7, 11) is 0. The molecule has 0 spiro atoms. The Morgan fingerprint density at radius 2 is 0.900 bits per heavy atom. The molecule has 0 atom stereocenters. The first kappa shape index (κ1) is 22.4. The summed E-state index contributed by atoms with van der Waals surface area (Å²) in [5.41, 5.74) is 9.60. The van der Waals surface area contributed by atoms with Crippen molar-refractivity contribution in [2.75, 3.05) is 0 Å². The molecule has 0 saturated carbocycles. The number of benzene rings is 6. The van der Waals surface area contributed by atoms with Gasteiger partial charge >= 0.3 is 0 Å². The maximum absolute atomic E-state index is 9.86. The van der Waals surface area contributed by atoms with Crippen molar-refractivity contribution in [2.24, 2.45) is 0 Å². The van der Waals surface area contributed by atoms with E-state index < -0.39 is 0 Å². The van der Waals surface area contributed by atoms with Crippen molar-refractivity contribution in [1.29, 1.82) is 5.26 Å². The van der Waals surface area contributed by atoms with Gasteiger partial charge in [0.1, 0.15) is 6.07 Å².